The highest BCUT2D eigenvalue weighted by Crippen LogP contribution is 2.19. The van der Waals surface area contributed by atoms with Crippen molar-refractivity contribution >= 4 is 51.3 Å². The predicted molar refractivity (Wildman–Crippen MR) is 99.2 cm³/mol. The van der Waals surface area contributed by atoms with Crippen LogP contribution in [0.5, 0.6) is 0 Å². The van der Waals surface area contributed by atoms with Gasteiger partial charge in [0.1, 0.15) is 0 Å². The van der Waals surface area contributed by atoms with Crippen molar-refractivity contribution in [3.05, 3.63) is 47.7 Å². The summed E-state index contributed by atoms with van der Waals surface area (Å²) in [4.78, 5) is 4.47. The molecule has 0 aliphatic carbocycles. The molecule has 0 unspecified atom stereocenters. The van der Waals surface area contributed by atoms with Crippen LogP contribution in [0.2, 0.25) is 5.02 Å². The molecule has 2 N–H and O–H groups in total. The molecule has 0 aliphatic heterocycles. The van der Waals surface area contributed by atoms with Gasteiger partial charge in [0.05, 0.1) is 18.1 Å². The first kappa shape index (κ1) is 15.7. The van der Waals surface area contributed by atoms with Crippen molar-refractivity contribution in [2.45, 2.75) is 19.9 Å². The van der Waals surface area contributed by atoms with Gasteiger partial charge in [-0.2, -0.15) is 5.10 Å². The number of anilines is 2. The van der Waals surface area contributed by atoms with E-state index in [1.807, 2.05) is 29.1 Å². The lowest BCUT2D eigenvalue weighted by Gasteiger charge is -2.11. The summed E-state index contributed by atoms with van der Waals surface area (Å²) in [6, 6.07) is 9.59. The molecule has 0 aliphatic rings. The largest absolute Gasteiger partial charge is 0.332 e. The van der Waals surface area contributed by atoms with Crippen molar-refractivity contribution in [1.29, 1.82) is 0 Å². The quantitative estimate of drug-likeness (QED) is 0.686. The normalized spacial score (nSPS) is 11.0. The summed E-state index contributed by atoms with van der Waals surface area (Å²) in [5.74, 6) is 0. The molecule has 0 spiro atoms. The van der Waals surface area contributed by atoms with E-state index in [9.17, 15) is 0 Å². The minimum absolute atomic E-state index is 0.270. The summed E-state index contributed by atoms with van der Waals surface area (Å²) in [5, 5.41) is 12.7. The zero-order chi connectivity index (χ0) is 16.4. The zero-order valence-electron chi connectivity index (χ0n) is 12.7. The lowest BCUT2D eigenvalue weighted by molar-refractivity contribution is 0.546. The summed E-state index contributed by atoms with van der Waals surface area (Å²) in [5.41, 5.74) is 2.54. The molecular formula is C16H16ClN5S. The van der Waals surface area contributed by atoms with E-state index in [1.165, 1.54) is 0 Å². The Morgan fingerprint density at radius 1 is 1.13 bits per heavy atom. The molecule has 0 fully saturated rings. The van der Waals surface area contributed by atoms with Crippen LogP contribution < -0.4 is 10.6 Å². The van der Waals surface area contributed by atoms with Crippen LogP contribution in [0.25, 0.3) is 11.0 Å². The highest BCUT2D eigenvalue weighted by atomic mass is 35.5. The maximum atomic E-state index is 5.87. The number of thiocarbonyl (C=S) groups is 1. The Bertz CT molecular complexity index is 841. The SMILES string of the molecule is CC(C)n1ncc2cc(NC(=S)Nc3ccc(Cl)cc3)cnc21. The molecule has 2 aromatic heterocycles. The molecular weight excluding hydrogens is 330 g/mol. The van der Waals surface area contributed by atoms with E-state index in [2.05, 4.69) is 34.6 Å². The van der Waals surface area contributed by atoms with Crippen LogP contribution in [0.3, 0.4) is 0 Å². The Morgan fingerprint density at radius 3 is 2.52 bits per heavy atom. The molecule has 0 amide bonds. The van der Waals surface area contributed by atoms with E-state index in [4.69, 9.17) is 23.8 Å². The van der Waals surface area contributed by atoms with E-state index in [-0.39, 0.29) is 6.04 Å². The van der Waals surface area contributed by atoms with Gasteiger partial charge in [-0.05, 0) is 56.4 Å². The molecule has 7 heteroatoms. The second-order valence-electron chi connectivity index (χ2n) is 5.41. The molecule has 5 nitrogen and oxygen atoms in total. The Kier molecular flexibility index (Phi) is 4.45. The third-order valence-electron chi connectivity index (χ3n) is 3.28. The second-order valence-corrected chi connectivity index (χ2v) is 6.25. The van der Waals surface area contributed by atoms with Crippen molar-refractivity contribution < 1.29 is 0 Å². The van der Waals surface area contributed by atoms with Crippen molar-refractivity contribution in [2.75, 3.05) is 10.6 Å². The summed E-state index contributed by atoms with van der Waals surface area (Å²) in [6.45, 7) is 4.15. The van der Waals surface area contributed by atoms with Crippen LogP contribution in [0.1, 0.15) is 19.9 Å². The van der Waals surface area contributed by atoms with Gasteiger partial charge in [0.15, 0.2) is 10.8 Å². The lowest BCUT2D eigenvalue weighted by Crippen LogP contribution is -2.19. The molecule has 118 valence electrons. The van der Waals surface area contributed by atoms with Crippen LogP contribution in [0.4, 0.5) is 11.4 Å². The fraction of sp³-hybridized carbons (Fsp3) is 0.188. The molecule has 0 atom stereocenters. The van der Waals surface area contributed by atoms with Crippen molar-refractivity contribution in [3.63, 3.8) is 0 Å². The van der Waals surface area contributed by atoms with Gasteiger partial charge in [0.2, 0.25) is 0 Å². The Labute approximate surface area is 144 Å². The number of nitrogens with zero attached hydrogens (tertiary/aromatic N) is 3. The maximum absolute atomic E-state index is 5.87. The predicted octanol–water partition coefficient (Wildman–Crippen LogP) is 4.47. The molecule has 23 heavy (non-hydrogen) atoms. The van der Waals surface area contributed by atoms with Gasteiger partial charge >= 0.3 is 0 Å². The number of hydrogen-bond donors (Lipinski definition) is 2. The number of benzene rings is 1. The van der Waals surface area contributed by atoms with Crippen molar-refractivity contribution in [3.8, 4) is 0 Å². The number of hydrogen-bond acceptors (Lipinski definition) is 3. The number of halogens is 1. The van der Waals surface area contributed by atoms with Crippen molar-refractivity contribution in [1.82, 2.24) is 14.8 Å². The summed E-state index contributed by atoms with van der Waals surface area (Å²) in [6.07, 6.45) is 3.56. The molecule has 3 rings (SSSR count). The molecule has 0 saturated carbocycles. The van der Waals surface area contributed by atoms with Crippen LogP contribution in [-0.2, 0) is 0 Å². The van der Waals surface area contributed by atoms with Gasteiger partial charge in [-0.3, -0.25) is 0 Å². The average Bonchev–Trinajstić information content (AvgIpc) is 2.93. The van der Waals surface area contributed by atoms with Gasteiger partial charge < -0.3 is 10.6 Å². The minimum atomic E-state index is 0.270. The first-order valence-corrected chi connectivity index (χ1v) is 7.98. The van der Waals surface area contributed by atoms with Crippen LogP contribution in [-0.4, -0.2) is 19.9 Å². The van der Waals surface area contributed by atoms with Crippen molar-refractivity contribution in [2.24, 2.45) is 0 Å². The number of pyridine rings is 1. The summed E-state index contributed by atoms with van der Waals surface area (Å²) in [7, 11) is 0. The van der Waals surface area contributed by atoms with Gasteiger partial charge in [-0.25, -0.2) is 9.67 Å². The molecule has 2 heterocycles. The van der Waals surface area contributed by atoms with Crippen LogP contribution in [0, 0.1) is 0 Å². The Hall–Kier alpha value is -2.18. The van der Waals surface area contributed by atoms with Crippen LogP contribution >= 0.6 is 23.8 Å². The molecule has 0 bridgehead atoms. The monoisotopic (exact) mass is 345 g/mol. The fourth-order valence-corrected chi connectivity index (χ4v) is 2.57. The zero-order valence-corrected chi connectivity index (χ0v) is 14.3. The summed E-state index contributed by atoms with van der Waals surface area (Å²) < 4.78 is 1.89. The fourth-order valence-electron chi connectivity index (χ4n) is 2.21. The highest BCUT2D eigenvalue weighted by Gasteiger charge is 2.08. The lowest BCUT2D eigenvalue weighted by atomic mass is 10.3. The average molecular weight is 346 g/mol. The van der Waals surface area contributed by atoms with Gasteiger partial charge in [0, 0.05) is 22.1 Å². The minimum Gasteiger partial charge on any atom is -0.332 e. The molecule has 0 saturated heterocycles. The van der Waals surface area contributed by atoms with Gasteiger partial charge in [-0.1, -0.05) is 11.6 Å². The van der Waals surface area contributed by atoms with E-state index in [0.717, 1.165) is 22.4 Å². The van der Waals surface area contributed by atoms with E-state index < -0.39 is 0 Å². The standard InChI is InChI=1S/C16H16ClN5S/c1-10(2)22-15-11(8-19-22)7-14(9-18-15)21-16(23)20-13-5-3-12(17)4-6-13/h3-10H,1-2H3,(H2,20,21,23). The van der Waals surface area contributed by atoms with Gasteiger partial charge in [0.25, 0.3) is 0 Å². The number of rotatable bonds is 3. The van der Waals surface area contributed by atoms with E-state index in [1.54, 1.807) is 18.3 Å². The van der Waals surface area contributed by atoms with Gasteiger partial charge in [-0.15, -0.1) is 0 Å². The molecule has 1 aromatic carbocycles. The van der Waals surface area contributed by atoms with Crippen LogP contribution in [0.15, 0.2) is 42.7 Å². The topological polar surface area (TPSA) is 54.8 Å². The van der Waals surface area contributed by atoms with E-state index >= 15 is 0 Å². The first-order chi connectivity index (χ1) is 11.0. The smallest absolute Gasteiger partial charge is 0.175 e. The Morgan fingerprint density at radius 2 is 1.83 bits per heavy atom. The molecule has 3 aromatic rings. The number of nitrogens with one attached hydrogen (secondary N) is 2. The maximum Gasteiger partial charge on any atom is 0.175 e. The third-order valence-corrected chi connectivity index (χ3v) is 3.74. The first-order valence-electron chi connectivity index (χ1n) is 7.20. The molecule has 0 radical (unpaired) electrons. The summed E-state index contributed by atoms with van der Waals surface area (Å²) >= 11 is 11.2. The highest BCUT2D eigenvalue weighted by molar-refractivity contribution is 7.80. The third kappa shape index (κ3) is 3.60. The second kappa shape index (κ2) is 6.52. The number of fused-ring (bicyclic) bond motifs is 1. The number of aromatic nitrogens is 3. The Balaban J connectivity index is 1.73. The van der Waals surface area contributed by atoms with E-state index in [0.29, 0.717) is 10.1 Å².